The first kappa shape index (κ1) is 11.5. The predicted molar refractivity (Wildman–Crippen MR) is 73.1 cm³/mol. The summed E-state index contributed by atoms with van der Waals surface area (Å²) >= 11 is 0. The summed E-state index contributed by atoms with van der Waals surface area (Å²) in [6.45, 7) is 4.31. The van der Waals surface area contributed by atoms with Crippen LogP contribution in [-0.2, 0) is 0 Å². The standard InChI is InChI=1S/C15H19N3/c1-12-17-9-10-18(12)15-4-2-3-14(11-15)13-5-7-16-8-6-13/h2-4,9-11,13,16H,5-8H2,1H3. The highest BCUT2D eigenvalue weighted by Gasteiger charge is 2.15. The van der Waals surface area contributed by atoms with Gasteiger partial charge in [-0.2, -0.15) is 0 Å². The van der Waals surface area contributed by atoms with Gasteiger partial charge in [0, 0.05) is 18.1 Å². The zero-order valence-corrected chi connectivity index (χ0v) is 10.8. The molecule has 0 aliphatic carbocycles. The lowest BCUT2D eigenvalue weighted by atomic mass is 9.90. The maximum absolute atomic E-state index is 4.29. The van der Waals surface area contributed by atoms with Crippen LogP contribution in [0, 0.1) is 6.92 Å². The average Bonchev–Trinajstić information content (AvgIpc) is 2.86. The van der Waals surface area contributed by atoms with Crippen LogP contribution >= 0.6 is 0 Å². The lowest BCUT2D eigenvalue weighted by Gasteiger charge is -2.23. The number of piperidine rings is 1. The molecule has 1 aliphatic heterocycles. The van der Waals surface area contributed by atoms with E-state index in [-0.39, 0.29) is 0 Å². The second-order valence-corrected chi connectivity index (χ2v) is 4.96. The minimum absolute atomic E-state index is 0.704. The molecular formula is C15H19N3. The molecule has 0 unspecified atom stereocenters. The van der Waals surface area contributed by atoms with Crippen molar-refractivity contribution in [2.75, 3.05) is 13.1 Å². The third-order valence-corrected chi connectivity index (χ3v) is 3.78. The van der Waals surface area contributed by atoms with E-state index in [4.69, 9.17) is 0 Å². The fourth-order valence-electron chi connectivity index (χ4n) is 2.73. The summed E-state index contributed by atoms with van der Waals surface area (Å²) < 4.78 is 2.14. The molecule has 94 valence electrons. The van der Waals surface area contributed by atoms with Gasteiger partial charge in [0.05, 0.1) is 0 Å². The van der Waals surface area contributed by atoms with E-state index in [9.17, 15) is 0 Å². The predicted octanol–water partition coefficient (Wildman–Crippen LogP) is 2.65. The summed E-state index contributed by atoms with van der Waals surface area (Å²) in [6.07, 6.45) is 6.36. The van der Waals surface area contributed by atoms with Crippen molar-refractivity contribution in [2.24, 2.45) is 0 Å². The van der Waals surface area contributed by atoms with Crippen molar-refractivity contribution in [1.29, 1.82) is 0 Å². The molecule has 0 spiro atoms. The molecule has 0 radical (unpaired) electrons. The first-order valence-corrected chi connectivity index (χ1v) is 6.65. The minimum Gasteiger partial charge on any atom is -0.317 e. The topological polar surface area (TPSA) is 29.9 Å². The van der Waals surface area contributed by atoms with E-state index in [0.29, 0.717) is 5.92 Å². The number of benzene rings is 1. The largest absolute Gasteiger partial charge is 0.317 e. The Labute approximate surface area is 108 Å². The number of nitrogens with zero attached hydrogens (tertiary/aromatic N) is 2. The molecule has 1 aliphatic rings. The molecule has 3 rings (SSSR count). The Balaban J connectivity index is 1.91. The molecule has 3 heteroatoms. The van der Waals surface area contributed by atoms with Crippen molar-refractivity contribution in [3.8, 4) is 5.69 Å². The number of hydrogen-bond acceptors (Lipinski definition) is 2. The summed E-state index contributed by atoms with van der Waals surface area (Å²) in [6, 6.07) is 8.88. The van der Waals surface area contributed by atoms with Crippen molar-refractivity contribution in [3.63, 3.8) is 0 Å². The third-order valence-electron chi connectivity index (χ3n) is 3.78. The third kappa shape index (κ3) is 2.18. The first-order chi connectivity index (χ1) is 8.84. The van der Waals surface area contributed by atoms with E-state index >= 15 is 0 Å². The monoisotopic (exact) mass is 241 g/mol. The van der Waals surface area contributed by atoms with Crippen LogP contribution in [0.25, 0.3) is 5.69 Å². The van der Waals surface area contributed by atoms with Gasteiger partial charge in [-0.3, -0.25) is 0 Å². The van der Waals surface area contributed by atoms with Crippen molar-refractivity contribution >= 4 is 0 Å². The van der Waals surface area contributed by atoms with Gasteiger partial charge in [-0.25, -0.2) is 4.98 Å². The highest BCUT2D eigenvalue weighted by molar-refractivity contribution is 5.38. The Morgan fingerprint density at radius 3 is 2.83 bits per heavy atom. The number of rotatable bonds is 2. The first-order valence-electron chi connectivity index (χ1n) is 6.65. The van der Waals surface area contributed by atoms with Gasteiger partial charge in [0.25, 0.3) is 0 Å². The Morgan fingerprint density at radius 2 is 2.11 bits per heavy atom. The lowest BCUT2D eigenvalue weighted by Crippen LogP contribution is -2.26. The molecule has 3 nitrogen and oxygen atoms in total. The molecule has 1 N–H and O–H groups in total. The van der Waals surface area contributed by atoms with Gasteiger partial charge in [0.1, 0.15) is 5.82 Å². The molecule has 1 saturated heterocycles. The lowest BCUT2D eigenvalue weighted by molar-refractivity contribution is 0.460. The molecule has 0 amide bonds. The van der Waals surface area contributed by atoms with E-state index in [1.807, 2.05) is 19.3 Å². The maximum Gasteiger partial charge on any atom is 0.110 e. The number of aryl methyl sites for hydroxylation is 1. The van der Waals surface area contributed by atoms with Gasteiger partial charge >= 0.3 is 0 Å². The second-order valence-electron chi connectivity index (χ2n) is 4.96. The molecule has 0 saturated carbocycles. The average molecular weight is 241 g/mol. The van der Waals surface area contributed by atoms with Crippen LogP contribution in [-0.4, -0.2) is 22.6 Å². The van der Waals surface area contributed by atoms with Gasteiger partial charge in [-0.05, 0) is 56.5 Å². The van der Waals surface area contributed by atoms with Crippen LogP contribution in [0.3, 0.4) is 0 Å². The Kier molecular flexibility index (Phi) is 3.15. The van der Waals surface area contributed by atoms with E-state index in [1.165, 1.54) is 24.1 Å². The smallest absolute Gasteiger partial charge is 0.110 e. The fourth-order valence-corrected chi connectivity index (χ4v) is 2.73. The molecule has 2 aromatic rings. The number of nitrogens with one attached hydrogen (secondary N) is 1. The van der Waals surface area contributed by atoms with Gasteiger partial charge in [0.15, 0.2) is 0 Å². The molecular weight excluding hydrogens is 222 g/mol. The second kappa shape index (κ2) is 4.94. The number of hydrogen-bond donors (Lipinski definition) is 1. The van der Waals surface area contributed by atoms with Gasteiger partial charge in [-0.1, -0.05) is 12.1 Å². The molecule has 0 atom stereocenters. The van der Waals surface area contributed by atoms with Crippen molar-refractivity contribution in [1.82, 2.24) is 14.9 Å². The zero-order chi connectivity index (χ0) is 12.4. The van der Waals surface area contributed by atoms with E-state index in [2.05, 4.69) is 39.1 Å². The van der Waals surface area contributed by atoms with Crippen LogP contribution in [0.1, 0.15) is 30.1 Å². The van der Waals surface area contributed by atoms with Crippen molar-refractivity contribution < 1.29 is 0 Å². The molecule has 2 heterocycles. The van der Waals surface area contributed by atoms with E-state index in [1.54, 1.807) is 0 Å². The van der Waals surface area contributed by atoms with Crippen molar-refractivity contribution in [3.05, 3.63) is 48.0 Å². The quantitative estimate of drug-likeness (QED) is 0.876. The highest BCUT2D eigenvalue weighted by atomic mass is 15.1. The number of aromatic nitrogens is 2. The summed E-state index contributed by atoms with van der Waals surface area (Å²) in [5, 5.41) is 3.42. The molecule has 1 fully saturated rings. The van der Waals surface area contributed by atoms with E-state index in [0.717, 1.165) is 18.9 Å². The number of imidazole rings is 1. The van der Waals surface area contributed by atoms with Crippen LogP contribution in [0.2, 0.25) is 0 Å². The SMILES string of the molecule is Cc1nccn1-c1cccc(C2CCNCC2)c1. The van der Waals surface area contributed by atoms with Crippen LogP contribution in [0.4, 0.5) is 0 Å². The van der Waals surface area contributed by atoms with Gasteiger partial charge in [0.2, 0.25) is 0 Å². The van der Waals surface area contributed by atoms with Crippen LogP contribution < -0.4 is 5.32 Å². The highest BCUT2D eigenvalue weighted by Crippen LogP contribution is 2.26. The van der Waals surface area contributed by atoms with E-state index < -0.39 is 0 Å². The minimum atomic E-state index is 0.704. The molecule has 1 aromatic carbocycles. The molecule has 18 heavy (non-hydrogen) atoms. The normalized spacial score (nSPS) is 16.9. The van der Waals surface area contributed by atoms with Gasteiger partial charge < -0.3 is 9.88 Å². The maximum atomic E-state index is 4.29. The summed E-state index contributed by atoms with van der Waals surface area (Å²) in [4.78, 5) is 4.29. The van der Waals surface area contributed by atoms with Crippen LogP contribution in [0.15, 0.2) is 36.7 Å². The zero-order valence-electron chi connectivity index (χ0n) is 10.8. The Morgan fingerprint density at radius 1 is 1.28 bits per heavy atom. The van der Waals surface area contributed by atoms with Crippen molar-refractivity contribution in [2.45, 2.75) is 25.7 Å². The van der Waals surface area contributed by atoms with Gasteiger partial charge in [-0.15, -0.1) is 0 Å². The Bertz CT molecular complexity index is 524. The summed E-state index contributed by atoms with van der Waals surface area (Å²) in [7, 11) is 0. The Hall–Kier alpha value is -1.61. The summed E-state index contributed by atoms with van der Waals surface area (Å²) in [5.41, 5.74) is 2.68. The van der Waals surface area contributed by atoms with Crippen LogP contribution in [0.5, 0.6) is 0 Å². The molecule has 1 aromatic heterocycles. The summed E-state index contributed by atoms with van der Waals surface area (Å²) in [5.74, 6) is 1.74. The fraction of sp³-hybridized carbons (Fsp3) is 0.400. The molecule has 0 bridgehead atoms.